The fraction of sp³-hybridized carbons (Fsp3) is 0.636. The molecule has 0 radical (unpaired) electrons. The predicted octanol–water partition coefficient (Wildman–Crippen LogP) is 4.02. The molecule has 0 aromatic carbocycles. The van der Waals surface area contributed by atoms with Gasteiger partial charge in [-0.3, -0.25) is 0 Å². The third kappa shape index (κ3) is 3.02. The van der Waals surface area contributed by atoms with Crippen LogP contribution >= 0.6 is 11.6 Å². The van der Waals surface area contributed by atoms with E-state index in [0.717, 1.165) is 6.42 Å². The van der Waals surface area contributed by atoms with Gasteiger partial charge < -0.3 is 0 Å². The third-order valence-electron chi connectivity index (χ3n) is 2.47. The van der Waals surface area contributed by atoms with Gasteiger partial charge in [0.15, 0.2) is 0 Å². The Kier molecular flexibility index (Phi) is 5.32. The van der Waals surface area contributed by atoms with Gasteiger partial charge in [-0.1, -0.05) is 32.1 Å². The molecule has 0 heterocycles. The molecular weight excluding hydrogens is 168 g/mol. The standard InChI is InChI=1S/C11H19Cl/c1-6-8(3)11(7-2)9(4)10(5)12/h7,9-11H,2-3,6H2,1,4-5H3/t9-,10-,11+/m1/s1. The molecule has 0 saturated heterocycles. The average Bonchev–Trinajstić information content (AvgIpc) is 2.05. The van der Waals surface area contributed by atoms with Crippen LogP contribution in [0.1, 0.15) is 27.2 Å². The minimum atomic E-state index is 0.177. The van der Waals surface area contributed by atoms with Crippen molar-refractivity contribution in [2.24, 2.45) is 11.8 Å². The van der Waals surface area contributed by atoms with Crippen LogP contribution < -0.4 is 0 Å². The number of hydrogen-bond donors (Lipinski definition) is 0. The minimum Gasteiger partial charge on any atom is -0.123 e. The smallest absolute Gasteiger partial charge is 0.0342 e. The summed E-state index contributed by atoms with van der Waals surface area (Å²) in [5.41, 5.74) is 1.23. The van der Waals surface area contributed by atoms with Crippen molar-refractivity contribution in [2.75, 3.05) is 0 Å². The van der Waals surface area contributed by atoms with E-state index in [-0.39, 0.29) is 5.38 Å². The second kappa shape index (κ2) is 5.42. The normalized spacial score (nSPS) is 18.0. The molecule has 1 heteroatoms. The Balaban J connectivity index is 4.33. The van der Waals surface area contributed by atoms with Crippen molar-refractivity contribution in [3.05, 3.63) is 24.8 Å². The van der Waals surface area contributed by atoms with Crippen molar-refractivity contribution in [1.29, 1.82) is 0 Å². The fourth-order valence-electron chi connectivity index (χ4n) is 1.27. The van der Waals surface area contributed by atoms with Gasteiger partial charge in [-0.25, -0.2) is 0 Å². The maximum absolute atomic E-state index is 6.01. The molecule has 0 saturated carbocycles. The fourth-order valence-corrected chi connectivity index (χ4v) is 1.43. The zero-order valence-corrected chi connectivity index (χ0v) is 9.06. The quantitative estimate of drug-likeness (QED) is 0.450. The monoisotopic (exact) mass is 186 g/mol. The molecule has 0 aliphatic carbocycles. The van der Waals surface area contributed by atoms with E-state index in [1.807, 2.05) is 13.0 Å². The largest absolute Gasteiger partial charge is 0.123 e. The summed E-state index contributed by atoms with van der Waals surface area (Å²) >= 11 is 6.01. The van der Waals surface area contributed by atoms with Crippen molar-refractivity contribution in [3.63, 3.8) is 0 Å². The van der Waals surface area contributed by atoms with Crippen molar-refractivity contribution in [2.45, 2.75) is 32.6 Å². The molecule has 0 amide bonds. The molecule has 0 aliphatic heterocycles. The Morgan fingerprint density at radius 1 is 1.50 bits per heavy atom. The number of alkyl halides is 1. The number of halogens is 1. The summed E-state index contributed by atoms with van der Waals surface area (Å²) in [6.07, 6.45) is 2.96. The van der Waals surface area contributed by atoms with Crippen molar-refractivity contribution in [1.82, 2.24) is 0 Å². The molecule has 0 unspecified atom stereocenters. The lowest BCUT2D eigenvalue weighted by Crippen LogP contribution is -2.18. The van der Waals surface area contributed by atoms with E-state index in [1.54, 1.807) is 0 Å². The lowest BCUT2D eigenvalue weighted by molar-refractivity contribution is 0.465. The highest BCUT2D eigenvalue weighted by Gasteiger charge is 2.19. The zero-order valence-electron chi connectivity index (χ0n) is 8.31. The first kappa shape index (κ1) is 11.8. The lowest BCUT2D eigenvalue weighted by atomic mass is 9.85. The van der Waals surface area contributed by atoms with Crippen LogP contribution in [0.25, 0.3) is 0 Å². The second-order valence-electron chi connectivity index (χ2n) is 3.31. The van der Waals surface area contributed by atoms with Crippen LogP contribution in [0, 0.1) is 11.8 Å². The molecule has 0 N–H and O–H groups in total. The highest BCUT2D eigenvalue weighted by Crippen LogP contribution is 2.27. The molecule has 12 heavy (non-hydrogen) atoms. The number of hydrogen-bond acceptors (Lipinski definition) is 0. The second-order valence-corrected chi connectivity index (χ2v) is 4.00. The highest BCUT2D eigenvalue weighted by molar-refractivity contribution is 6.20. The van der Waals surface area contributed by atoms with Gasteiger partial charge in [-0.05, 0) is 19.3 Å². The van der Waals surface area contributed by atoms with E-state index in [9.17, 15) is 0 Å². The molecule has 0 fully saturated rings. The maximum atomic E-state index is 6.01. The summed E-state index contributed by atoms with van der Waals surface area (Å²) in [4.78, 5) is 0. The van der Waals surface area contributed by atoms with E-state index < -0.39 is 0 Å². The Bertz CT molecular complexity index is 158. The van der Waals surface area contributed by atoms with Crippen LogP contribution in [0.2, 0.25) is 0 Å². The first-order valence-electron chi connectivity index (χ1n) is 4.48. The van der Waals surface area contributed by atoms with Gasteiger partial charge in [0.1, 0.15) is 0 Å². The first-order valence-corrected chi connectivity index (χ1v) is 4.92. The Hall–Kier alpha value is -0.230. The van der Waals surface area contributed by atoms with Gasteiger partial charge in [0.05, 0.1) is 0 Å². The summed E-state index contributed by atoms with van der Waals surface area (Å²) < 4.78 is 0. The SMILES string of the molecule is C=C[C@@H](C(=C)CC)[C@H](C)[C@@H](C)Cl. The van der Waals surface area contributed by atoms with Crippen molar-refractivity contribution >= 4 is 11.6 Å². The predicted molar refractivity (Wildman–Crippen MR) is 57.6 cm³/mol. The van der Waals surface area contributed by atoms with Gasteiger partial charge in [0, 0.05) is 11.3 Å². The molecule has 0 rings (SSSR count). The first-order chi connectivity index (χ1) is 5.54. The summed E-state index contributed by atoms with van der Waals surface area (Å²) in [5.74, 6) is 0.791. The summed E-state index contributed by atoms with van der Waals surface area (Å²) in [6.45, 7) is 14.1. The van der Waals surface area contributed by atoms with Gasteiger partial charge in [0.2, 0.25) is 0 Å². The average molecular weight is 187 g/mol. The molecular formula is C11H19Cl. The van der Waals surface area contributed by atoms with E-state index >= 15 is 0 Å². The van der Waals surface area contributed by atoms with Crippen molar-refractivity contribution in [3.8, 4) is 0 Å². The van der Waals surface area contributed by atoms with Crippen LogP contribution in [0.4, 0.5) is 0 Å². The third-order valence-corrected chi connectivity index (χ3v) is 2.87. The number of allylic oxidation sites excluding steroid dienone is 2. The van der Waals surface area contributed by atoms with Gasteiger partial charge in [0.25, 0.3) is 0 Å². The number of rotatable bonds is 5. The van der Waals surface area contributed by atoms with E-state index in [0.29, 0.717) is 11.8 Å². The van der Waals surface area contributed by atoms with Crippen LogP contribution in [0.3, 0.4) is 0 Å². The Morgan fingerprint density at radius 2 is 2.00 bits per heavy atom. The van der Waals surface area contributed by atoms with E-state index in [1.165, 1.54) is 5.57 Å². The topological polar surface area (TPSA) is 0 Å². The van der Waals surface area contributed by atoms with Crippen LogP contribution in [0.15, 0.2) is 24.8 Å². The van der Waals surface area contributed by atoms with E-state index in [4.69, 9.17) is 11.6 Å². The van der Waals surface area contributed by atoms with Crippen LogP contribution in [-0.2, 0) is 0 Å². The Morgan fingerprint density at radius 3 is 2.25 bits per heavy atom. The summed E-state index contributed by atoms with van der Waals surface area (Å²) in [5, 5.41) is 0.177. The molecule has 3 atom stereocenters. The molecule has 0 bridgehead atoms. The Labute approximate surface area is 81.3 Å². The van der Waals surface area contributed by atoms with Gasteiger partial charge in [-0.15, -0.1) is 18.2 Å². The molecule has 0 aliphatic rings. The highest BCUT2D eigenvalue weighted by atomic mass is 35.5. The van der Waals surface area contributed by atoms with Gasteiger partial charge >= 0.3 is 0 Å². The van der Waals surface area contributed by atoms with Crippen molar-refractivity contribution < 1.29 is 0 Å². The molecule has 0 spiro atoms. The van der Waals surface area contributed by atoms with Crippen LogP contribution in [0.5, 0.6) is 0 Å². The summed E-state index contributed by atoms with van der Waals surface area (Å²) in [7, 11) is 0. The molecule has 0 aromatic rings. The molecule has 0 aromatic heterocycles. The van der Waals surface area contributed by atoms with Crippen LogP contribution in [-0.4, -0.2) is 5.38 Å². The molecule has 0 nitrogen and oxygen atoms in total. The minimum absolute atomic E-state index is 0.177. The maximum Gasteiger partial charge on any atom is 0.0342 e. The molecule has 70 valence electrons. The van der Waals surface area contributed by atoms with Gasteiger partial charge in [-0.2, -0.15) is 0 Å². The zero-order chi connectivity index (χ0) is 9.72. The lowest BCUT2D eigenvalue weighted by Gasteiger charge is -2.24. The van der Waals surface area contributed by atoms with E-state index in [2.05, 4.69) is 27.0 Å². The summed E-state index contributed by atoms with van der Waals surface area (Å²) in [6, 6.07) is 0.